The largest absolute Gasteiger partial charge is 0.451 e. The summed E-state index contributed by atoms with van der Waals surface area (Å²) in [5.41, 5.74) is 2.39. The first-order valence-corrected chi connectivity index (χ1v) is 11.1. The van der Waals surface area contributed by atoms with Crippen LogP contribution in [0.3, 0.4) is 0 Å². The van der Waals surface area contributed by atoms with E-state index in [9.17, 15) is 4.79 Å². The smallest absolute Gasteiger partial charge is 0.287 e. The minimum absolute atomic E-state index is 0.245. The summed E-state index contributed by atoms with van der Waals surface area (Å²) in [4.78, 5) is 25.9. The summed E-state index contributed by atoms with van der Waals surface area (Å²) in [5, 5.41) is 7.58. The molecule has 3 heterocycles. The summed E-state index contributed by atoms with van der Waals surface area (Å²) in [6.45, 7) is 4.58. The second-order valence-electron chi connectivity index (χ2n) is 6.74. The number of rotatable bonds is 7. The fourth-order valence-electron chi connectivity index (χ4n) is 2.84. The number of nitrogens with zero attached hydrogens (tertiary/aromatic N) is 3. The van der Waals surface area contributed by atoms with E-state index in [1.54, 1.807) is 29.8 Å². The molecule has 0 saturated carbocycles. The molecule has 0 aliphatic heterocycles. The third-order valence-corrected chi connectivity index (χ3v) is 6.38. The Hall–Kier alpha value is -2.71. The van der Waals surface area contributed by atoms with Crippen LogP contribution in [-0.4, -0.2) is 20.9 Å². The average Bonchev–Trinajstić information content (AvgIpc) is 3.36. The van der Waals surface area contributed by atoms with Crippen molar-refractivity contribution in [3.05, 3.63) is 70.1 Å². The maximum atomic E-state index is 12.9. The van der Waals surface area contributed by atoms with Crippen molar-refractivity contribution in [1.82, 2.24) is 20.3 Å². The Morgan fingerprint density at radius 1 is 1.21 bits per heavy atom. The molecule has 1 aromatic carbocycles. The Bertz CT molecular complexity index is 1120. The third-order valence-electron chi connectivity index (χ3n) is 4.29. The lowest BCUT2D eigenvalue weighted by molar-refractivity contribution is 0.0924. The fourth-order valence-corrected chi connectivity index (χ4v) is 4.51. The van der Waals surface area contributed by atoms with Gasteiger partial charge in [0.2, 0.25) is 0 Å². The highest BCUT2D eigenvalue weighted by molar-refractivity contribution is 7.98. The number of amides is 1. The fraction of sp³-hybridized carbons (Fsp3) is 0.238. The van der Waals surface area contributed by atoms with E-state index >= 15 is 0 Å². The SMILES string of the molecule is CC(C)c1nc(CNC(=O)c2oc3ccccc3c2CSc2ncccn2)cs1. The summed E-state index contributed by atoms with van der Waals surface area (Å²) in [6, 6.07) is 9.45. The Kier molecular flexibility index (Phi) is 5.92. The number of nitrogens with one attached hydrogen (secondary N) is 1. The highest BCUT2D eigenvalue weighted by Gasteiger charge is 2.21. The van der Waals surface area contributed by atoms with Crippen molar-refractivity contribution in [1.29, 1.82) is 0 Å². The second-order valence-corrected chi connectivity index (χ2v) is 8.57. The molecule has 0 spiro atoms. The van der Waals surface area contributed by atoms with Gasteiger partial charge in [-0.3, -0.25) is 4.79 Å². The first-order chi connectivity index (χ1) is 14.1. The molecule has 0 fully saturated rings. The van der Waals surface area contributed by atoms with Gasteiger partial charge >= 0.3 is 0 Å². The molecule has 148 valence electrons. The van der Waals surface area contributed by atoms with Gasteiger partial charge in [0, 0.05) is 40.4 Å². The Balaban J connectivity index is 1.54. The number of aromatic nitrogens is 3. The molecule has 0 unspecified atom stereocenters. The van der Waals surface area contributed by atoms with E-state index in [0.717, 1.165) is 21.7 Å². The molecule has 1 N–H and O–H groups in total. The van der Waals surface area contributed by atoms with Crippen LogP contribution < -0.4 is 5.32 Å². The van der Waals surface area contributed by atoms with Crippen LogP contribution in [0.5, 0.6) is 0 Å². The normalized spacial score (nSPS) is 11.3. The van der Waals surface area contributed by atoms with Gasteiger partial charge in [-0.05, 0) is 12.1 Å². The molecule has 3 aromatic heterocycles. The number of para-hydroxylation sites is 1. The van der Waals surface area contributed by atoms with Gasteiger partial charge in [-0.1, -0.05) is 43.8 Å². The van der Waals surface area contributed by atoms with Crippen LogP contribution in [0.1, 0.15) is 46.6 Å². The molecule has 0 bridgehead atoms. The first kappa shape index (κ1) is 19.6. The van der Waals surface area contributed by atoms with Gasteiger partial charge in [-0.2, -0.15) is 0 Å². The van der Waals surface area contributed by atoms with Crippen molar-refractivity contribution >= 4 is 40.0 Å². The second kappa shape index (κ2) is 8.75. The zero-order valence-corrected chi connectivity index (χ0v) is 17.7. The van der Waals surface area contributed by atoms with Crippen LogP contribution in [0.2, 0.25) is 0 Å². The lowest BCUT2D eigenvalue weighted by Gasteiger charge is -2.04. The van der Waals surface area contributed by atoms with Gasteiger partial charge in [0.15, 0.2) is 10.9 Å². The van der Waals surface area contributed by atoms with Crippen LogP contribution in [0.15, 0.2) is 57.7 Å². The number of thiazole rings is 1. The zero-order valence-electron chi connectivity index (χ0n) is 16.1. The van der Waals surface area contributed by atoms with Crippen LogP contribution in [-0.2, 0) is 12.3 Å². The Labute approximate surface area is 176 Å². The predicted molar refractivity (Wildman–Crippen MR) is 115 cm³/mol. The van der Waals surface area contributed by atoms with Gasteiger partial charge < -0.3 is 9.73 Å². The van der Waals surface area contributed by atoms with Crippen molar-refractivity contribution in [2.45, 2.75) is 37.2 Å². The number of benzene rings is 1. The van der Waals surface area contributed by atoms with Gasteiger partial charge in [-0.25, -0.2) is 15.0 Å². The molecule has 0 radical (unpaired) electrons. The molecule has 8 heteroatoms. The van der Waals surface area contributed by atoms with E-state index in [1.807, 2.05) is 29.6 Å². The molecule has 4 rings (SSSR count). The molecule has 6 nitrogen and oxygen atoms in total. The minimum Gasteiger partial charge on any atom is -0.451 e. The van der Waals surface area contributed by atoms with Crippen LogP contribution >= 0.6 is 23.1 Å². The molecule has 0 aliphatic carbocycles. The predicted octanol–water partition coefficient (Wildman–Crippen LogP) is 5.03. The van der Waals surface area contributed by atoms with Crippen molar-refractivity contribution in [3.63, 3.8) is 0 Å². The van der Waals surface area contributed by atoms with Crippen LogP contribution in [0.25, 0.3) is 11.0 Å². The average molecular weight is 425 g/mol. The third kappa shape index (κ3) is 4.49. The van der Waals surface area contributed by atoms with E-state index in [-0.39, 0.29) is 5.91 Å². The highest BCUT2D eigenvalue weighted by Crippen LogP contribution is 2.31. The maximum Gasteiger partial charge on any atom is 0.287 e. The number of furan rings is 1. The number of thioether (sulfide) groups is 1. The van der Waals surface area contributed by atoms with Crippen molar-refractivity contribution in [3.8, 4) is 0 Å². The highest BCUT2D eigenvalue weighted by atomic mass is 32.2. The molecule has 4 aromatic rings. The number of carbonyl (C=O) groups excluding carboxylic acids is 1. The van der Waals surface area contributed by atoms with Gasteiger partial charge in [0.05, 0.1) is 17.2 Å². The van der Waals surface area contributed by atoms with Crippen LogP contribution in [0.4, 0.5) is 0 Å². The number of carbonyl (C=O) groups is 1. The van der Waals surface area contributed by atoms with Gasteiger partial charge in [-0.15, -0.1) is 11.3 Å². The molecule has 0 saturated heterocycles. The summed E-state index contributed by atoms with van der Waals surface area (Å²) >= 11 is 3.09. The van der Waals surface area contributed by atoms with E-state index in [2.05, 4.69) is 34.1 Å². The van der Waals surface area contributed by atoms with Gasteiger partial charge in [0.1, 0.15) is 5.58 Å². The van der Waals surface area contributed by atoms with Crippen molar-refractivity contribution in [2.24, 2.45) is 0 Å². The Morgan fingerprint density at radius 3 is 2.76 bits per heavy atom. The minimum atomic E-state index is -0.245. The van der Waals surface area contributed by atoms with E-state index < -0.39 is 0 Å². The lowest BCUT2D eigenvalue weighted by Crippen LogP contribution is -2.23. The molecule has 29 heavy (non-hydrogen) atoms. The Morgan fingerprint density at radius 2 is 2.00 bits per heavy atom. The summed E-state index contributed by atoms with van der Waals surface area (Å²) in [6.07, 6.45) is 3.41. The number of fused-ring (bicyclic) bond motifs is 1. The van der Waals surface area contributed by atoms with Crippen molar-refractivity contribution in [2.75, 3.05) is 0 Å². The molecule has 0 atom stereocenters. The van der Waals surface area contributed by atoms with E-state index in [4.69, 9.17) is 4.42 Å². The first-order valence-electron chi connectivity index (χ1n) is 9.24. The summed E-state index contributed by atoms with van der Waals surface area (Å²) < 4.78 is 5.90. The standard InChI is InChI=1S/C21H20N4O2S2/c1-13(2)20-25-14(11-28-20)10-24-19(26)18-16(12-29-21-22-8-5-9-23-21)15-6-3-4-7-17(15)27-18/h3-9,11,13H,10,12H2,1-2H3,(H,24,26). The summed E-state index contributed by atoms with van der Waals surface area (Å²) in [5.74, 6) is 1.00. The maximum absolute atomic E-state index is 12.9. The zero-order chi connectivity index (χ0) is 20.2. The molecule has 1 amide bonds. The van der Waals surface area contributed by atoms with Crippen LogP contribution in [0, 0.1) is 0 Å². The number of hydrogen-bond donors (Lipinski definition) is 1. The van der Waals surface area contributed by atoms with Gasteiger partial charge in [0.25, 0.3) is 5.91 Å². The molecular formula is C21H20N4O2S2. The quantitative estimate of drug-likeness (QED) is 0.331. The monoisotopic (exact) mass is 424 g/mol. The number of hydrogen-bond acceptors (Lipinski definition) is 7. The summed E-state index contributed by atoms with van der Waals surface area (Å²) in [7, 11) is 0. The van der Waals surface area contributed by atoms with E-state index in [1.165, 1.54) is 11.8 Å². The van der Waals surface area contributed by atoms with Crippen molar-refractivity contribution < 1.29 is 9.21 Å². The molecular weight excluding hydrogens is 404 g/mol. The van der Waals surface area contributed by atoms with E-state index in [0.29, 0.717) is 34.7 Å². The topological polar surface area (TPSA) is 80.9 Å². The molecule has 0 aliphatic rings. The lowest BCUT2D eigenvalue weighted by atomic mass is 10.1.